The molecule has 1 aliphatic rings. The summed E-state index contributed by atoms with van der Waals surface area (Å²) in [6.45, 7) is 2.35. The van der Waals surface area contributed by atoms with Crippen molar-refractivity contribution in [3.63, 3.8) is 0 Å². The third-order valence-corrected chi connectivity index (χ3v) is 5.83. The first-order valence-corrected chi connectivity index (χ1v) is 10.1. The SMILES string of the molecule is Cc1nc(OCc2ccccc2)ccc1N1C(=O)c2ccc(Br)c3cccc1c23. The van der Waals surface area contributed by atoms with E-state index in [1.807, 2.05) is 79.7 Å². The number of halogens is 1. The normalized spacial score (nSPS) is 12.6. The Morgan fingerprint density at radius 1 is 0.931 bits per heavy atom. The number of carbonyl (C=O) groups is 1. The number of hydrogen-bond acceptors (Lipinski definition) is 3. The zero-order chi connectivity index (χ0) is 20.0. The summed E-state index contributed by atoms with van der Waals surface area (Å²) in [5.41, 5.74) is 4.18. The highest BCUT2D eigenvalue weighted by Gasteiger charge is 2.32. The molecule has 0 aliphatic carbocycles. The smallest absolute Gasteiger partial charge is 0.263 e. The molecule has 0 bridgehead atoms. The summed E-state index contributed by atoms with van der Waals surface area (Å²) in [6, 6.07) is 23.5. The van der Waals surface area contributed by atoms with Crippen LogP contribution in [0.25, 0.3) is 10.8 Å². The number of anilines is 2. The van der Waals surface area contributed by atoms with Crippen LogP contribution in [0.5, 0.6) is 5.88 Å². The molecule has 1 aliphatic heterocycles. The first-order valence-electron chi connectivity index (χ1n) is 9.33. The van der Waals surface area contributed by atoms with Crippen LogP contribution in [0.3, 0.4) is 0 Å². The summed E-state index contributed by atoms with van der Waals surface area (Å²) in [7, 11) is 0. The van der Waals surface area contributed by atoms with Gasteiger partial charge in [-0.2, -0.15) is 0 Å². The number of amides is 1. The van der Waals surface area contributed by atoms with E-state index < -0.39 is 0 Å². The predicted molar refractivity (Wildman–Crippen MR) is 118 cm³/mol. The third kappa shape index (κ3) is 2.98. The number of pyridine rings is 1. The predicted octanol–water partition coefficient (Wildman–Crippen LogP) is 6.18. The maximum absolute atomic E-state index is 13.2. The molecule has 1 aromatic heterocycles. The molecule has 0 unspecified atom stereocenters. The van der Waals surface area contributed by atoms with Gasteiger partial charge in [-0.1, -0.05) is 58.4 Å². The lowest BCUT2D eigenvalue weighted by molar-refractivity contribution is 0.100. The molecule has 0 atom stereocenters. The fraction of sp³-hybridized carbons (Fsp3) is 0.0833. The molecule has 0 spiro atoms. The van der Waals surface area contributed by atoms with Gasteiger partial charge in [-0.05, 0) is 42.1 Å². The van der Waals surface area contributed by atoms with Crippen LogP contribution >= 0.6 is 15.9 Å². The summed E-state index contributed by atoms with van der Waals surface area (Å²) in [4.78, 5) is 19.5. The molecule has 2 heterocycles. The number of rotatable bonds is 4. The fourth-order valence-corrected chi connectivity index (χ4v) is 4.23. The highest BCUT2D eigenvalue weighted by molar-refractivity contribution is 9.10. The minimum Gasteiger partial charge on any atom is -0.473 e. The van der Waals surface area contributed by atoms with Crippen molar-refractivity contribution >= 4 is 44.0 Å². The summed E-state index contributed by atoms with van der Waals surface area (Å²) in [5.74, 6) is 0.506. The van der Waals surface area contributed by atoms with Crippen LogP contribution in [0.15, 0.2) is 77.3 Å². The molecule has 5 heteroatoms. The number of carbonyl (C=O) groups excluding carboxylic acids is 1. The average Bonchev–Trinajstić information content (AvgIpc) is 3.03. The van der Waals surface area contributed by atoms with Crippen molar-refractivity contribution in [1.82, 2.24) is 4.98 Å². The van der Waals surface area contributed by atoms with Gasteiger partial charge in [0.1, 0.15) is 6.61 Å². The molecule has 0 N–H and O–H groups in total. The quantitative estimate of drug-likeness (QED) is 0.377. The van der Waals surface area contributed by atoms with Gasteiger partial charge >= 0.3 is 0 Å². The molecule has 4 aromatic rings. The second-order valence-corrected chi connectivity index (χ2v) is 7.82. The lowest BCUT2D eigenvalue weighted by Crippen LogP contribution is -2.22. The van der Waals surface area contributed by atoms with E-state index >= 15 is 0 Å². The molecule has 0 saturated carbocycles. The Morgan fingerprint density at radius 2 is 1.76 bits per heavy atom. The van der Waals surface area contributed by atoms with E-state index in [-0.39, 0.29) is 5.91 Å². The number of aryl methyl sites for hydroxylation is 1. The summed E-state index contributed by atoms with van der Waals surface area (Å²) >= 11 is 3.59. The van der Waals surface area contributed by atoms with E-state index in [0.717, 1.165) is 37.9 Å². The Labute approximate surface area is 176 Å². The highest BCUT2D eigenvalue weighted by Crippen LogP contribution is 2.44. The fourth-order valence-electron chi connectivity index (χ4n) is 3.76. The van der Waals surface area contributed by atoms with Crippen LogP contribution in [0.1, 0.15) is 21.6 Å². The minimum atomic E-state index is -0.0356. The van der Waals surface area contributed by atoms with Crippen molar-refractivity contribution in [2.75, 3.05) is 4.90 Å². The monoisotopic (exact) mass is 444 g/mol. The molecule has 0 radical (unpaired) electrons. The van der Waals surface area contributed by atoms with E-state index in [0.29, 0.717) is 18.1 Å². The van der Waals surface area contributed by atoms with Gasteiger partial charge in [0.05, 0.1) is 22.6 Å². The molecular formula is C24H17BrN2O2. The summed E-state index contributed by atoms with van der Waals surface area (Å²) in [6.07, 6.45) is 0. The standard InChI is InChI=1S/C24H17BrN2O2/c1-15-20(12-13-22(26-15)29-14-16-6-3-2-4-7-16)27-21-9-5-8-17-19(25)11-10-18(23(17)21)24(27)28/h2-13H,14H2,1H3. The lowest BCUT2D eigenvalue weighted by Gasteiger charge is -2.20. The van der Waals surface area contributed by atoms with E-state index in [1.165, 1.54) is 0 Å². The first kappa shape index (κ1) is 17.9. The molecule has 29 heavy (non-hydrogen) atoms. The Balaban J connectivity index is 1.49. The second kappa shape index (κ2) is 7.01. The highest BCUT2D eigenvalue weighted by atomic mass is 79.9. The zero-order valence-corrected chi connectivity index (χ0v) is 17.3. The van der Waals surface area contributed by atoms with Gasteiger partial charge in [-0.3, -0.25) is 9.69 Å². The Bertz CT molecular complexity index is 1250. The molecule has 1 amide bonds. The molecule has 3 aromatic carbocycles. The molecule has 5 rings (SSSR count). The van der Waals surface area contributed by atoms with Crippen molar-refractivity contribution in [3.05, 3.63) is 94.1 Å². The van der Waals surface area contributed by atoms with Crippen molar-refractivity contribution in [1.29, 1.82) is 0 Å². The van der Waals surface area contributed by atoms with Crippen molar-refractivity contribution < 1.29 is 9.53 Å². The van der Waals surface area contributed by atoms with Crippen LogP contribution in [-0.2, 0) is 6.61 Å². The van der Waals surface area contributed by atoms with Gasteiger partial charge in [0.25, 0.3) is 5.91 Å². The number of ether oxygens (including phenoxy) is 1. The third-order valence-electron chi connectivity index (χ3n) is 5.14. The number of hydrogen-bond donors (Lipinski definition) is 0. The molecule has 0 saturated heterocycles. The van der Waals surface area contributed by atoms with Crippen LogP contribution in [0.2, 0.25) is 0 Å². The van der Waals surface area contributed by atoms with Crippen molar-refractivity contribution in [3.8, 4) is 5.88 Å². The first-order chi connectivity index (χ1) is 14.1. The van der Waals surface area contributed by atoms with E-state index in [2.05, 4.69) is 20.9 Å². The zero-order valence-electron chi connectivity index (χ0n) is 15.7. The van der Waals surface area contributed by atoms with Gasteiger partial charge in [0.15, 0.2) is 0 Å². The van der Waals surface area contributed by atoms with E-state index in [1.54, 1.807) is 4.90 Å². The number of benzene rings is 3. The van der Waals surface area contributed by atoms with E-state index in [9.17, 15) is 4.79 Å². The lowest BCUT2D eigenvalue weighted by atomic mass is 10.1. The van der Waals surface area contributed by atoms with Gasteiger partial charge in [-0.25, -0.2) is 4.98 Å². The minimum absolute atomic E-state index is 0.0356. The van der Waals surface area contributed by atoms with Crippen molar-refractivity contribution in [2.24, 2.45) is 0 Å². The van der Waals surface area contributed by atoms with Gasteiger partial charge in [0, 0.05) is 15.9 Å². The second-order valence-electron chi connectivity index (χ2n) is 6.96. The largest absolute Gasteiger partial charge is 0.473 e. The average molecular weight is 445 g/mol. The van der Waals surface area contributed by atoms with Crippen LogP contribution < -0.4 is 9.64 Å². The van der Waals surface area contributed by atoms with E-state index in [4.69, 9.17) is 4.74 Å². The van der Waals surface area contributed by atoms with Crippen LogP contribution in [-0.4, -0.2) is 10.9 Å². The maximum Gasteiger partial charge on any atom is 0.263 e. The van der Waals surface area contributed by atoms with Gasteiger partial charge < -0.3 is 4.74 Å². The van der Waals surface area contributed by atoms with Gasteiger partial charge in [-0.15, -0.1) is 0 Å². The molecular weight excluding hydrogens is 428 g/mol. The van der Waals surface area contributed by atoms with Crippen molar-refractivity contribution in [2.45, 2.75) is 13.5 Å². The van der Waals surface area contributed by atoms with Crippen LogP contribution in [0.4, 0.5) is 11.4 Å². The Kier molecular flexibility index (Phi) is 4.32. The molecule has 0 fully saturated rings. The maximum atomic E-state index is 13.2. The molecule has 142 valence electrons. The Morgan fingerprint density at radius 3 is 2.55 bits per heavy atom. The molecule has 4 nitrogen and oxygen atoms in total. The summed E-state index contributed by atoms with van der Waals surface area (Å²) < 4.78 is 6.81. The topological polar surface area (TPSA) is 42.4 Å². The van der Waals surface area contributed by atoms with Crippen LogP contribution in [0, 0.1) is 6.92 Å². The summed E-state index contributed by atoms with van der Waals surface area (Å²) in [5, 5.41) is 2.00. The van der Waals surface area contributed by atoms with Gasteiger partial charge in [0.2, 0.25) is 5.88 Å². The number of aromatic nitrogens is 1. The number of nitrogens with zero attached hydrogens (tertiary/aromatic N) is 2. The Hall–Kier alpha value is -3.18.